The summed E-state index contributed by atoms with van der Waals surface area (Å²) in [7, 11) is 0. The summed E-state index contributed by atoms with van der Waals surface area (Å²) in [6, 6.07) is 0. The van der Waals surface area contributed by atoms with Gasteiger partial charge in [0.2, 0.25) is 5.91 Å². The fourth-order valence-corrected chi connectivity index (χ4v) is 9.96. The minimum Gasteiger partial charge on any atom is -0.491 e. The highest BCUT2D eigenvalue weighted by atomic mass is 16.5. The van der Waals surface area contributed by atoms with Crippen molar-refractivity contribution < 1.29 is 19.1 Å². The van der Waals surface area contributed by atoms with Crippen LogP contribution in [-0.2, 0) is 19.1 Å². The normalized spacial score (nSPS) is 42.2. The highest BCUT2D eigenvalue weighted by molar-refractivity contribution is 5.72. The van der Waals surface area contributed by atoms with Crippen molar-refractivity contribution in [2.75, 3.05) is 6.54 Å². The smallest absolute Gasteiger partial charge is 0.305 e. The van der Waals surface area contributed by atoms with Crippen LogP contribution in [0.2, 0.25) is 0 Å². The molecule has 5 nitrogen and oxygen atoms in total. The van der Waals surface area contributed by atoms with E-state index in [1.54, 1.807) is 12.5 Å². The lowest BCUT2D eigenvalue weighted by Crippen LogP contribution is -2.50. The van der Waals surface area contributed by atoms with E-state index >= 15 is 0 Å². The molecule has 1 heterocycles. The van der Waals surface area contributed by atoms with E-state index in [0.29, 0.717) is 29.6 Å². The van der Waals surface area contributed by atoms with Crippen molar-refractivity contribution in [3.63, 3.8) is 0 Å². The van der Waals surface area contributed by atoms with Crippen molar-refractivity contribution in [1.82, 2.24) is 5.32 Å². The van der Waals surface area contributed by atoms with Crippen LogP contribution in [0.3, 0.4) is 0 Å². The van der Waals surface area contributed by atoms with Crippen LogP contribution in [0.4, 0.5) is 0 Å². The van der Waals surface area contributed by atoms with Crippen molar-refractivity contribution in [1.29, 1.82) is 0 Å². The number of amides is 1. The molecular formula is C33H51NO4. The molecule has 0 bridgehead atoms. The van der Waals surface area contributed by atoms with Gasteiger partial charge in [-0.05, 0) is 98.9 Å². The quantitative estimate of drug-likeness (QED) is 0.284. The molecule has 1 amide bonds. The fraction of sp³-hybridized carbons (Fsp3) is 0.818. The molecule has 9 atom stereocenters. The van der Waals surface area contributed by atoms with Gasteiger partial charge in [0, 0.05) is 38.6 Å². The van der Waals surface area contributed by atoms with Gasteiger partial charge in [0.25, 0.3) is 0 Å². The summed E-state index contributed by atoms with van der Waals surface area (Å²) < 4.78 is 12.7. The second-order valence-electron chi connectivity index (χ2n) is 14.3. The van der Waals surface area contributed by atoms with Crippen LogP contribution < -0.4 is 5.32 Å². The molecule has 0 spiro atoms. The summed E-state index contributed by atoms with van der Waals surface area (Å²) in [4.78, 5) is 23.2. The van der Waals surface area contributed by atoms with E-state index in [9.17, 15) is 9.59 Å². The van der Waals surface area contributed by atoms with E-state index in [1.165, 1.54) is 30.6 Å². The van der Waals surface area contributed by atoms with Gasteiger partial charge >= 0.3 is 5.97 Å². The second-order valence-corrected chi connectivity index (χ2v) is 14.3. The Bertz CT molecular complexity index is 1030. The Morgan fingerprint density at radius 2 is 1.95 bits per heavy atom. The van der Waals surface area contributed by atoms with Crippen LogP contribution in [0.1, 0.15) is 113 Å². The summed E-state index contributed by atoms with van der Waals surface area (Å²) >= 11 is 0. The molecule has 0 unspecified atom stereocenters. The molecule has 4 aliphatic carbocycles. The first kappa shape index (κ1) is 27.8. The standard InChI is InChI=1S/C33H51NO4/c1-8-29(36)37-24-13-15-31(5)23(17-24)10-11-25-26(31)14-16-32(6)27(25)18-33(7)30(32)21(3)28(38-33)12-9-20(2)19-34-22(4)35/h10,20,24-27,30H,8-9,11-19H2,1-7H3,(H,34,35)/t20-,24+,25+,26-,27-,30+,31+,32+,33+/m1/s1. The first-order valence-electron chi connectivity index (χ1n) is 15.4. The van der Waals surface area contributed by atoms with Crippen LogP contribution in [0.25, 0.3) is 0 Å². The molecular weight excluding hydrogens is 474 g/mol. The van der Waals surface area contributed by atoms with Crippen molar-refractivity contribution in [2.45, 2.75) is 124 Å². The number of hydrogen-bond acceptors (Lipinski definition) is 4. The molecule has 5 aliphatic rings. The molecule has 1 N–H and O–H groups in total. The molecule has 1 aliphatic heterocycles. The van der Waals surface area contributed by atoms with Crippen LogP contribution in [-0.4, -0.2) is 30.1 Å². The molecule has 38 heavy (non-hydrogen) atoms. The molecule has 3 saturated carbocycles. The Kier molecular flexibility index (Phi) is 7.31. The number of esters is 1. The zero-order chi connectivity index (χ0) is 27.5. The number of carbonyl (C=O) groups is 2. The molecule has 5 heteroatoms. The number of hydrogen-bond donors (Lipinski definition) is 1. The predicted molar refractivity (Wildman–Crippen MR) is 150 cm³/mol. The number of carbonyl (C=O) groups excluding carboxylic acids is 2. The van der Waals surface area contributed by atoms with E-state index in [0.717, 1.165) is 56.9 Å². The first-order chi connectivity index (χ1) is 17.9. The van der Waals surface area contributed by atoms with Crippen molar-refractivity contribution >= 4 is 11.9 Å². The zero-order valence-electron chi connectivity index (χ0n) is 25.0. The summed E-state index contributed by atoms with van der Waals surface area (Å²) in [5.74, 6) is 4.30. The molecule has 0 aromatic carbocycles. The SMILES string of the molecule is CCC(=O)O[C@H]1CC[C@@]2(C)C(=CC[C@@H]3[C@H]4C[C@]5(C)OC(CC[C@@H](C)CNC(C)=O)=C(C)[C@H]5[C@@]4(C)CC[C@H]32)C1. The van der Waals surface area contributed by atoms with E-state index in [2.05, 4.69) is 46.0 Å². The van der Waals surface area contributed by atoms with Crippen molar-refractivity contribution in [3.8, 4) is 0 Å². The Hall–Kier alpha value is -1.78. The highest BCUT2D eigenvalue weighted by Gasteiger charge is 2.67. The molecule has 0 radical (unpaired) electrons. The van der Waals surface area contributed by atoms with Gasteiger partial charge in [-0.15, -0.1) is 0 Å². The molecule has 212 valence electrons. The van der Waals surface area contributed by atoms with Crippen molar-refractivity contribution in [3.05, 3.63) is 23.0 Å². The van der Waals surface area contributed by atoms with E-state index < -0.39 is 0 Å². The molecule has 0 aromatic heterocycles. The average molecular weight is 526 g/mol. The molecule has 0 aromatic rings. The number of fused-ring (bicyclic) bond motifs is 7. The summed E-state index contributed by atoms with van der Waals surface area (Å²) in [5.41, 5.74) is 3.51. The van der Waals surface area contributed by atoms with Gasteiger partial charge in [-0.3, -0.25) is 9.59 Å². The van der Waals surface area contributed by atoms with Gasteiger partial charge in [0.15, 0.2) is 0 Å². The topological polar surface area (TPSA) is 64.6 Å². The van der Waals surface area contributed by atoms with E-state index in [4.69, 9.17) is 9.47 Å². The molecule has 0 saturated heterocycles. The third-order valence-electron chi connectivity index (χ3n) is 11.8. The Morgan fingerprint density at radius 3 is 2.66 bits per heavy atom. The van der Waals surface area contributed by atoms with Crippen LogP contribution in [0, 0.1) is 40.4 Å². The number of nitrogens with one attached hydrogen (secondary N) is 1. The third kappa shape index (κ3) is 4.54. The van der Waals surface area contributed by atoms with Gasteiger partial charge in [0.05, 0.1) is 5.76 Å². The zero-order valence-corrected chi connectivity index (χ0v) is 25.0. The van der Waals surface area contributed by atoms with Crippen LogP contribution >= 0.6 is 0 Å². The maximum absolute atomic E-state index is 11.9. The third-order valence-corrected chi connectivity index (χ3v) is 11.8. The Labute approximate surface area is 230 Å². The Morgan fingerprint density at radius 1 is 1.18 bits per heavy atom. The van der Waals surface area contributed by atoms with Crippen LogP contribution in [0.5, 0.6) is 0 Å². The Balaban J connectivity index is 1.31. The molecule has 3 fully saturated rings. The second kappa shape index (κ2) is 10.0. The van der Waals surface area contributed by atoms with Crippen molar-refractivity contribution in [2.24, 2.45) is 40.4 Å². The number of allylic oxidation sites excluding steroid dienone is 2. The molecule has 5 rings (SSSR count). The van der Waals surface area contributed by atoms with E-state index in [1.807, 2.05) is 6.92 Å². The maximum Gasteiger partial charge on any atom is 0.305 e. The monoisotopic (exact) mass is 525 g/mol. The lowest BCUT2D eigenvalue weighted by Gasteiger charge is -2.58. The van der Waals surface area contributed by atoms with Gasteiger partial charge in [-0.25, -0.2) is 0 Å². The summed E-state index contributed by atoms with van der Waals surface area (Å²) in [6.45, 7) is 16.3. The van der Waals surface area contributed by atoms with Crippen LogP contribution in [0.15, 0.2) is 23.0 Å². The van der Waals surface area contributed by atoms with Gasteiger partial charge in [0.1, 0.15) is 11.7 Å². The average Bonchev–Trinajstić information content (AvgIpc) is 3.27. The summed E-state index contributed by atoms with van der Waals surface area (Å²) in [6.07, 6.45) is 13.1. The lowest BCUT2D eigenvalue weighted by molar-refractivity contribution is -0.151. The lowest BCUT2D eigenvalue weighted by atomic mass is 9.47. The number of rotatable bonds is 7. The summed E-state index contributed by atoms with van der Waals surface area (Å²) in [5, 5.41) is 2.96. The first-order valence-corrected chi connectivity index (χ1v) is 15.4. The minimum atomic E-state index is -0.0918. The van der Waals surface area contributed by atoms with E-state index in [-0.39, 0.29) is 29.0 Å². The minimum absolute atomic E-state index is 0.0486. The highest BCUT2D eigenvalue weighted by Crippen LogP contribution is 2.71. The fourth-order valence-electron chi connectivity index (χ4n) is 9.96. The maximum atomic E-state index is 11.9. The van der Waals surface area contributed by atoms with Gasteiger partial charge in [-0.2, -0.15) is 0 Å². The van der Waals surface area contributed by atoms with Gasteiger partial charge < -0.3 is 14.8 Å². The number of ether oxygens (including phenoxy) is 2. The predicted octanol–water partition coefficient (Wildman–Crippen LogP) is 7.11. The van der Waals surface area contributed by atoms with Gasteiger partial charge in [-0.1, -0.05) is 39.3 Å². The largest absolute Gasteiger partial charge is 0.491 e.